The molecule has 5 heteroatoms. The topological polar surface area (TPSA) is 89.3 Å². The van der Waals surface area contributed by atoms with Gasteiger partial charge in [0.1, 0.15) is 5.78 Å². The predicted octanol–water partition coefficient (Wildman–Crippen LogP) is 2.08. The van der Waals surface area contributed by atoms with Gasteiger partial charge in [0.05, 0.1) is 6.04 Å². The highest BCUT2D eigenvalue weighted by atomic mass is 16.1. The molecule has 0 fully saturated rings. The number of hydrogen-bond donors (Lipinski definition) is 2. The Kier molecular flexibility index (Phi) is 8.53. The number of hydrogen-bond acceptors (Lipinski definition) is 4. The lowest BCUT2D eigenvalue weighted by Gasteiger charge is -2.25. The molecule has 0 rings (SSSR count). The van der Waals surface area contributed by atoms with Crippen LogP contribution in [0.25, 0.3) is 0 Å². The number of carbonyl (C=O) groups is 3. The lowest BCUT2D eigenvalue weighted by Crippen LogP contribution is -2.39. The molecule has 0 saturated heterocycles. The molecule has 0 bridgehead atoms. The van der Waals surface area contributed by atoms with Crippen molar-refractivity contribution in [2.24, 2.45) is 23.0 Å². The number of Topliss-reactive ketones (excluding diaryl/α,β-unsaturated/α-hetero) is 2. The summed E-state index contributed by atoms with van der Waals surface area (Å²) in [6.07, 6.45) is 1.46. The predicted molar refractivity (Wildman–Crippen MR) is 88.3 cm³/mol. The molecule has 0 aromatic rings. The maximum Gasteiger partial charge on any atom is 0.216 e. The van der Waals surface area contributed by atoms with E-state index in [2.05, 4.69) is 5.32 Å². The summed E-state index contributed by atoms with van der Waals surface area (Å²) in [6, 6.07) is -0.523. The fraction of sp³-hybridized carbons (Fsp3) is 0.824. The first-order valence-corrected chi connectivity index (χ1v) is 8.03. The second-order valence-electron chi connectivity index (χ2n) is 7.38. The Morgan fingerprint density at radius 2 is 1.68 bits per heavy atom. The van der Waals surface area contributed by atoms with Crippen LogP contribution in [0.15, 0.2) is 0 Å². The van der Waals surface area contributed by atoms with Gasteiger partial charge in [-0.25, -0.2) is 0 Å². The van der Waals surface area contributed by atoms with E-state index in [0.29, 0.717) is 19.4 Å². The average Bonchev–Trinajstić information content (AvgIpc) is 2.38. The van der Waals surface area contributed by atoms with E-state index in [9.17, 15) is 14.4 Å². The lowest BCUT2D eigenvalue weighted by atomic mass is 9.78. The van der Waals surface area contributed by atoms with Crippen LogP contribution in [0, 0.1) is 17.3 Å². The van der Waals surface area contributed by atoms with E-state index in [4.69, 9.17) is 5.73 Å². The van der Waals surface area contributed by atoms with E-state index in [1.54, 1.807) is 0 Å². The molecule has 3 N–H and O–H groups in total. The number of carbonyl (C=O) groups excluding carboxylic acids is 3. The van der Waals surface area contributed by atoms with Crippen LogP contribution in [0.2, 0.25) is 0 Å². The summed E-state index contributed by atoms with van der Waals surface area (Å²) >= 11 is 0. The highest BCUT2D eigenvalue weighted by Gasteiger charge is 2.32. The molecule has 5 nitrogen and oxygen atoms in total. The molecule has 2 unspecified atom stereocenters. The summed E-state index contributed by atoms with van der Waals surface area (Å²) in [5.41, 5.74) is 5.41. The normalized spacial score (nSPS) is 14.5. The summed E-state index contributed by atoms with van der Waals surface area (Å²) in [4.78, 5) is 35.6. The minimum atomic E-state index is -0.523. The van der Waals surface area contributed by atoms with E-state index in [-0.39, 0.29) is 35.7 Å². The molecule has 0 spiro atoms. The smallest absolute Gasteiger partial charge is 0.216 e. The van der Waals surface area contributed by atoms with Gasteiger partial charge in [0.15, 0.2) is 5.78 Å². The molecule has 0 heterocycles. The van der Waals surface area contributed by atoms with Crippen LogP contribution >= 0.6 is 0 Å². The molecule has 22 heavy (non-hydrogen) atoms. The zero-order valence-corrected chi connectivity index (χ0v) is 14.9. The fourth-order valence-electron chi connectivity index (χ4n) is 2.30. The zero-order valence-electron chi connectivity index (χ0n) is 14.9. The third-order valence-corrected chi connectivity index (χ3v) is 3.75. The van der Waals surface area contributed by atoms with Gasteiger partial charge < -0.3 is 11.1 Å². The van der Waals surface area contributed by atoms with E-state index in [0.717, 1.165) is 0 Å². The molecule has 0 aliphatic carbocycles. The first-order valence-electron chi connectivity index (χ1n) is 8.03. The number of amides is 1. The minimum absolute atomic E-state index is 0.0582. The summed E-state index contributed by atoms with van der Waals surface area (Å²) in [6.45, 7) is 11.4. The maximum atomic E-state index is 12.5. The molecule has 0 aliphatic rings. The second-order valence-corrected chi connectivity index (χ2v) is 7.38. The van der Waals surface area contributed by atoms with Crippen molar-refractivity contribution in [2.75, 3.05) is 6.54 Å². The third-order valence-electron chi connectivity index (χ3n) is 3.75. The van der Waals surface area contributed by atoms with Crippen LogP contribution in [0.4, 0.5) is 0 Å². The molecular formula is C17H32N2O3. The SMILES string of the molecule is CC(=O)NCCCC(CC(=O)C(N)C(C)C)C(=O)C(C)(C)C. The van der Waals surface area contributed by atoms with Gasteiger partial charge in [0.2, 0.25) is 5.91 Å². The highest BCUT2D eigenvalue weighted by molar-refractivity contribution is 5.92. The van der Waals surface area contributed by atoms with Crippen molar-refractivity contribution >= 4 is 17.5 Å². The van der Waals surface area contributed by atoms with Crippen LogP contribution in [0.1, 0.15) is 60.8 Å². The Morgan fingerprint density at radius 3 is 2.09 bits per heavy atom. The van der Waals surface area contributed by atoms with Gasteiger partial charge in [-0.05, 0) is 18.8 Å². The quantitative estimate of drug-likeness (QED) is 0.638. The fourth-order valence-corrected chi connectivity index (χ4v) is 2.30. The molecule has 2 atom stereocenters. The van der Waals surface area contributed by atoms with Crippen molar-refractivity contribution in [1.82, 2.24) is 5.32 Å². The van der Waals surface area contributed by atoms with Gasteiger partial charge in [-0.1, -0.05) is 34.6 Å². The van der Waals surface area contributed by atoms with Gasteiger partial charge in [0.25, 0.3) is 0 Å². The van der Waals surface area contributed by atoms with Crippen LogP contribution < -0.4 is 11.1 Å². The molecular weight excluding hydrogens is 280 g/mol. The first-order chi connectivity index (χ1) is 9.96. The molecule has 1 amide bonds. The Balaban J connectivity index is 4.76. The first kappa shape index (κ1) is 20.8. The van der Waals surface area contributed by atoms with E-state index < -0.39 is 11.5 Å². The standard InChI is InChI=1S/C17H32N2O3/c1-11(2)15(18)14(21)10-13(16(22)17(4,5)6)8-7-9-19-12(3)20/h11,13,15H,7-10,18H2,1-6H3,(H,19,20). The maximum absolute atomic E-state index is 12.5. The summed E-state index contributed by atoms with van der Waals surface area (Å²) in [5, 5.41) is 2.71. The summed E-state index contributed by atoms with van der Waals surface area (Å²) in [5.74, 6) is -0.323. The van der Waals surface area contributed by atoms with Gasteiger partial charge in [-0.3, -0.25) is 14.4 Å². The monoisotopic (exact) mass is 312 g/mol. The number of rotatable bonds is 9. The van der Waals surface area contributed by atoms with Gasteiger partial charge in [-0.15, -0.1) is 0 Å². The van der Waals surface area contributed by atoms with Crippen LogP contribution in [-0.4, -0.2) is 30.1 Å². The van der Waals surface area contributed by atoms with E-state index >= 15 is 0 Å². The van der Waals surface area contributed by atoms with Crippen LogP contribution in [0.5, 0.6) is 0 Å². The van der Waals surface area contributed by atoms with Crippen molar-refractivity contribution in [1.29, 1.82) is 0 Å². The third kappa shape index (κ3) is 7.69. The zero-order chi connectivity index (χ0) is 17.5. The van der Waals surface area contributed by atoms with Crippen molar-refractivity contribution in [3.63, 3.8) is 0 Å². The average molecular weight is 312 g/mol. The number of nitrogens with one attached hydrogen (secondary N) is 1. The Bertz CT molecular complexity index is 397. The van der Waals surface area contributed by atoms with E-state index in [1.807, 2.05) is 34.6 Å². The summed E-state index contributed by atoms with van der Waals surface area (Å²) in [7, 11) is 0. The molecule has 0 aliphatic heterocycles. The van der Waals surface area contributed by atoms with E-state index in [1.165, 1.54) is 6.92 Å². The Labute approximate surface area is 134 Å². The number of ketones is 2. The largest absolute Gasteiger partial charge is 0.356 e. The minimum Gasteiger partial charge on any atom is -0.356 e. The van der Waals surface area contributed by atoms with Crippen molar-refractivity contribution in [3.05, 3.63) is 0 Å². The van der Waals surface area contributed by atoms with Gasteiger partial charge >= 0.3 is 0 Å². The van der Waals surface area contributed by atoms with Gasteiger partial charge in [0, 0.05) is 31.2 Å². The Morgan fingerprint density at radius 1 is 1.14 bits per heavy atom. The molecule has 0 saturated carbocycles. The molecule has 0 aromatic heterocycles. The lowest BCUT2D eigenvalue weighted by molar-refractivity contribution is -0.134. The second kappa shape index (κ2) is 9.03. The van der Waals surface area contributed by atoms with Gasteiger partial charge in [-0.2, -0.15) is 0 Å². The molecule has 0 aromatic carbocycles. The summed E-state index contributed by atoms with van der Waals surface area (Å²) < 4.78 is 0. The Hall–Kier alpha value is -1.23. The van der Waals surface area contributed by atoms with Crippen molar-refractivity contribution < 1.29 is 14.4 Å². The van der Waals surface area contributed by atoms with Crippen LogP contribution in [0.3, 0.4) is 0 Å². The van der Waals surface area contributed by atoms with Crippen LogP contribution in [-0.2, 0) is 14.4 Å². The highest BCUT2D eigenvalue weighted by Crippen LogP contribution is 2.26. The number of nitrogens with two attached hydrogens (primary N) is 1. The molecule has 0 radical (unpaired) electrons. The van der Waals surface area contributed by atoms with Crippen molar-refractivity contribution in [3.8, 4) is 0 Å². The molecule has 128 valence electrons. The van der Waals surface area contributed by atoms with Crippen molar-refractivity contribution in [2.45, 2.75) is 66.8 Å².